The second kappa shape index (κ2) is 5.23. The lowest BCUT2D eigenvalue weighted by molar-refractivity contribution is 0.109. The van der Waals surface area contributed by atoms with Crippen LogP contribution in [-0.4, -0.2) is 25.0 Å². The van der Waals surface area contributed by atoms with E-state index in [1.165, 1.54) is 25.7 Å². The van der Waals surface area contributed by atoms with Crippen molar-refractivity contribution < 1.29 is 4.42 Å². The highest BCUT2D eigenvalue weighted by Gasteiger charge is 2.35. The van der Waals surface area contributed by atoms with Gasteiger partial charge in [-0.15, -0.1) is 0 Å². The third kappa shape index (κ3) is 3.11. The fraction of sp³-hybridized carbons (Fsp3) is 0.714. The SMILES string of the molecule is Cc1ccc(CN(C)CCC2(CN)CCC2)o1. The van der Waals surface area contributed by atoms with E-state index in [1.807, 2.05) is 13.0 Å². The summed E-state index contributed by atoms with van der Waals surface area (Å²) in [7, 11) is 2.15. The summed E-state index contributed by atoms with van der Waals surface area (Å²) in [6.45, 7) is 4.84. The molecule has 0 saturated heterocycles. The summed E-state index contributed by atoms with van der Waals surface area (Å²) in [5.41, 5.74) is 6.33. The van der Waals surface area contributed by atoms with Gasteiger partial charge in [-0.05, 0) is 63.9 Å². The number of furan rings is 1. The third-order valence-electron chi connectivity index (χ3n) is 4.09. The van der Waals surface area contributed by atoms with Crippen LogP contribution in [0.15, 0.2) is 16.5 Å². The predicted octanol–water partition coefficient (Wildman–Crippen LogP) is 2.54. The van der Waals surface area contributed by atoms with Crippen molar-refractivity contribution in [3.63, 3.8) is 0 Å². The van der Waals surface area contributed by atoms with Crippen LogP contribution in [0, 0.1) is 12.3 Å². The van der Waals surface area contributed by atoms with Crippen molar-refractivity contribution in [3.05, 3.63) is 23.7 Å². The first-order valence-corrected chi connectivity index (χ1v) is 6.57. The number of hydrogen-bond donors (Lipinski definition) is 1. The summed E-state index contributed by atoms with van der Waals surface area (Å²) in [6.07, 6.45) is 5.21. The molecule has 0 radical (unpaired) electrons. The maximum atomic E-state index is 5.87. The first-order chi connectivity index (χ1) is 8.13. The van der Waals surface area contributed by atoms with Crippen LogP contribution in [-0.2, 0) is 6.54 Å². The van der Waals surface area contributed by atoms with Crippen LogP contribution in [0.2, 0.25) is 0 Å². The Morgan fingerprint density at radius 3 is 2.65 bits per heavy atom. The van der Waals surface area contributed by atoms with Crippen molar-refractivity contribution in [1.29, 1.82) is 0 Å². The van der Waals surface area contributed by atoms with E-state index in [2.05, 4.69) is 18.0 Å². The molecule has 0 amide bonds. The largest absolute Gasteiger partial charge is 0.465 e. The zero-order valence-electron chi connectivity index (χ0n) is 11.0. The van der Waals surface area contributed by atoms with Crippen molar-refractivity contribution in [3.8, 4) is 0 Å². The average molecular weight is 236 g/mol. The number of nitrogens with zero attached hydrogens (tertiary/aromatic N) is 1. The Balaban J connectivity index is 1.75. The molecule has 3 heteroatoms. The summed E-state index contributed by atoms with van der Waals surface area (Å²) in [6, 6.07) is 4.09. The summed E-state index contributed by atoms with van der Waals surface area (Å²) >= 11 is 0. The Morgan fingerprint density at radius 2 is 2.18 bits per heavy atom. The van der Waals surface area contributed by atoms with E-state index in [1.54, 1.807) is 0 Å². The standard InChI is InChI=1S/C14H24N2O/c1-12-4-5-13(17-12)10-16(2)9-8-14(11-15)6-3-7-14/h4-5H,3,6-11,15H2,1-2H3. The molecule has 17 heavy (non-hydrogen) atoms. The number of rotatable bonds is 6. The molecule has 0 aliphatic heterocycles. The maximum Gasteiger partial charge on any atom is 0.118 e. The molecule has 0 atom stereocenters. The molecule has 2 rings (SSSR count). The molecule has 0 aromatic carbocycles. The van der Waals surface area contributed by atoms with E-state index in [9.17, 15) is 0 Å². The Hall–Kier alpha value is -0.800. The van der Waals surface area contributed by atoms with Gasteiger partial charge in [-0.25, -0.2) is 0 Å². The summed E-state index contributed by atoms with van der Waals surface area (Å²) in [4.78, 5) is 2.33. The van der Waals surface area contributed by atoms with Gasteiger partial charge in [0, 0.05) is 0 Å². The van der Waals surface area contributed by atoms with Crippen LogP contribution in [0.25, 0.3) is 0 Å². The summed E-state index contributed by atoms with van der Waals surface area (Å²) in [5, 5.41) is 0. The molecule has 1 fully saturated rings. The second-order valence-electron chi connectivity index (χ2n) is 5.56. The van der Waals surface area contributed by atoms with Crippen LogP contribution >= 0.6 is 0 Å². The van der Waals surface area contributed by atoms with E-state index in [4.69, 9.17) is 10.2 Å². The van der Waals surface area contributed by atoms with Crippen molar-refractivity contribution >= 4 is 0 Å². The summed E-state index contributed by atoms with van der Waals surface area (Å²) < 4.78 is 5.59. The topological polar surface area (TPSA) is 42.4 Å². The molecule has 0 unspecified atom stereocenters. The third-order valence-corrected chi connectivity index (χ3v) is 4.09. The van der Waals surface area contributed by atoms with E-state index in [0.29, 0.717) is 5.41 Å². The molecule has 0 bridgehead atoms. The van der Waals surface area contributed by atoms with Gasteiger partial charge >= 0.3 is 0 Å². The van der Waals surface area contributed by atoms with Crippen molar-refractivity contribution in [2.24, 2.45) is 11.1 Å². The average Bonchev–Trinajstić information content (AvgIpc) is 2.63. The van der Waals surface area contributed by atoms with E-state index < -0.39 is 0 Å². The molecule has 1 saturated carbocycles. The van der Waals surface area contributed by atoms with E-state index in [-0.39, 0.29) is 0 Å². The van der Waals surface area contributed by atoms with E-state index in [0.717, 1.165) is 31.2 Å². The quantitative estimate of drug-likeness (QED) is 0.825. The van der Waals surface area contributed by atoms with Gasteiger partial charge in [0.05, 0.1) is 6.54 Å². The minimum absolute atomic E-state index is 0.452. The van der Waals surface area contributed by atoms with Crippen LogP contribution in [0.3, 0.4) is 0 Å². The maximum absolute atomic E-state index is 5.87. The lowest BCUT2D eigenvalue weighted by Crippen LogP contribution is -2.39. The minimum atomic E-state index is 0.452. The zero-order valence-corrected chi connectivity index (χ0v) is 11.0. The van der Waals surface area contributed by atoms with Gasteiger partial charge in [0.15, 0.2) is 0 Å². The number of aryl methyl sites for hydroxylation is 1. The van der Waals surface area contributed by atoms with Crippen LogP contribution in [0.5, 0.6) is 0 Å². The molecule has 1 heterocycles. The second-order valence-corrected chi connectivity index (χ2v) is 5.56. The van der Waals surface area contributed by atoms with Gasteiger partial charge < -0.3 is 10.2 Å². The smallest absolute Gasteiger partial charge is 0.118 e. The highest BCUT2D eigenvalue weighted by Crippen LogP contribution is 2.42. The molecule has 2 N–H and O–H groups in total. The lowest BCUT2D eigenvalue weighted by atomic mass is 9.66. The van der Waals surface area contributed by atoms with Crippen LogP contribution in [0.1, 0.15) is 37.2 Å². The van der Waals surface area contributed by atoms with Crippen LogP contribution < -0.4 is 5.73 Å². The fourth-order valence-electron chi connectivity index (χ4n) is 2.58. The lowest BCUT2D eigenvalue weighted by Gasteiger charge is -2.42. The van der Waals surface area contributed by atoms with Gasteiger partial charge in [-0.1, -0.05) is 6.42 Å². The highest BCUT2D eigenvalue weighted by molar-refractivity contribution is 5.05. The predicted molar refractivity (Wildman–Crippen MR) is 69.7 cm³/mol. The zero-order chi connectivity index (χ0) is 12.3. The summed E-state index contributed by atoms with van der Waals surface area (Å²) in [5.74, 6) is 2.05. The molecular weight excluding hydrogens is 212 g/mol. The van der Waals surface area contributed by atoms with Crippen LogP contribution in [0.4, 0.5) is 0 Å². The molecule has 1 aromatic rings. The van der Waals surface area contributed by atoms with Gasteiger partial charge in [-0.2, -0.15) is 0 Å². The number of nitrogens with two attached hydrogens (primary N) is 1. The van der Waals surface area contributed by atoms with Gasteiger partial charge in [-0.3, -0.25) is 4.90 Å². The molecule has 0 spiro atoms. The Labute approximate surface area is 104 Å². The van der Waals surface area contributed by atoms with Crippen molar-refractivity contribution in [2.75, 3.05) is 20.1 Å². The first kappa shape index (κ1) is 12.7. The van der Waals surface area contributed by atoms with Crippen molar-refractivity contribution in [1.82, 2.24) is 4.90 Å². The van der Waals surface area contributed by atoms with Gasteiger partial charge in [0.2, 0.25) is 0 Å². The normalized spacial score (nSPS) is 18.4. The molecular formula is C14H24N2O. The molecule has 1 aromatic heterocycles. The first-order valence-electron chi connectivity index (χ1n) is 6.57. The minimum Gasteiger partial charge on any atom is -0.465 e. The van der Waals surface area contributed by atoms with Gasteiger partial charge in [0.25, 0.3) is 0 Å². The molecule has 1 aliphatic carbocycles. The number of hydrogen-bond acceptors (Lipinski definition) is 3. The monoisotopic (exact) mass is 236 g/mol. The highest BCUT2D eigenvalue weighted by atomic mass is 16.3. The molecule has 1 aliphatic rings. The molecule has 96 valence electrons. The Bertz CT molecular complexity index is 349. The Kier molecular flexibility index (Phi) is 3.89. The Morgan fingerprint density at radius 1 is 1.41 bits per heavy atom. The van der Waals surface area contributed by atoms with Crippen molar-refractivity contribution in [2.45, 2.75) is 39.2 Å². The van der Waals surface area contributed by atoms with Gasteiger partial charge in [0.1, 0.15) is 11.5 Å². The molecule has 3 nitrogen and oxygen atoms in total. The van der Waals surface area contributed by atoms with E-state index >= 15 is 0 Å². The fourth-order valence-corrected chi connectivity index (χ4v) is 2.58.